The summed E-state index contributed by atoms with van der Waals surface area (Å²) in [5.74, 6) is 0.0766. The molecule has 4 nitrogen and oxygen atoms in total. The second kappa shape index (κ2) is 2.83. The van der Waals surface area contributed by atoms with E-state index in [-0.39, 0.29) is 11.3 Å². The Morgan fingerprint density at radius 1 is 1.43 bits per heavy atom. The molecular formula is C10H11N2O2+. The average molecular weight is 191 g/mol. The predicted molar refractivity (Wildman–Crippen MR) is 51.4 cm³/mol. The quantitative estimate of drug-likeness (QED) is 0.656. The van der Waals surface area contributed by atoms with Gasteiger partial charge in [-0.2, -0.15) is 4.40 Å². The summed E-state index contributed by atoms with van der Waals surface area (Å²) >= 11 is 0. The van der Waals surface area contributed by atoms with Gasteiger partial charge in [-0.05, 0) is 26.0 Å². The second-order valence-electron chi connectivity index (χ2n) is 3.29. The molecule has 0 unspecified atom stereocenters. The summed E-state index contributed by atoms with van der Waals surface area (Å²) in [6.07, 6.45) is 1.63. The monoisotopic (exact) mass is 191 g/mol. The molecule has 0 aromatic carbocycles. The molecule has 0 aliphatic rings. The van der Waals surface area contributed by atoms with E-state index < -0.39 is 0 Å². The van der Waals surface area contributed by atoms with Crippen molar-refractivity contribution >= 4 is 5.65 Å². The van der Waals surface area contributed by atoms with Gasteiger partial charge in [-0.1, -0.05) is 0 Å². The van der Waals surface area contributed by atoms with Crippen LogP contribution in [-0.2, 0) is 0 Å². The lowest BCUT2D eigenvalue weighted by Crippen LogP contribution is -2.27. The summed E-state index contributed by atoms with van der Waals surface area (Å²) < 4.78 is 1.40. The topological polar surface area (TPSA) is 55.9 Å². The Labute approximate surface area is 80.5 Å². The lowest BCUT2D eigenvalue weighted by atomic mass is 10.2. The summed E-state index contributed by atoms with van der Waals surface area (Å²) in [5.41, 5.74) is 1.76. The molecule has 14 heavy (non-hydrogen) atoms. The SMILES string of the molecule is Cc1[nH+]c2c(O)cccn2c(=O)c1C. The minimum Gasteiger partial charge on any atom is -0.501 e. The molecule has 0 bridgehead atoms. The van der Waals surface area contributed by atoms with Crippen molar-refractivity contribution in [2.24, 2.45) is 0 Å². The van der Waals surface area contributed by atoms with Crippen LogP contribution < -0.4 is 10.5 Å². The molecule has 2 heterocycles. The van der Waals surface area contributed by atoms with Crippen LogP contribution in [0.5, 0.6) is 5.75 Å². The number of H-pyrrole nitrogens is 1. The number of fused-ring (bicyclic) bond motifs is 1. The number of pyridine rings is 1. The van der Waals surface area contributed by atoms with E-state index in [1.807, 2.05) is 6.92 Å². The van der Waals surface area contributed by atoms with Crippen molar-refractivity contribution in [3.63, 3.8) is 0 Å². The first-order chi connectivity index (χ1) is 6.61. The Hall–Kier alpha value is -1.84. The van der Waals surface area contributed by atoms with E-state index in [0.29, 0.717) is 11.2 Å². The Morgan fingerprint density at radius 2 is 2.14 bits per heavy atom. The average Bonchev–Trinajstić information content (AvgIpc) is 2.17. The van der Waals surface area contributed by atoms with Gasteiger partial charge in [-0.15, -0.1) is 0 Å². The van der Waals surface area contributed by atoms with Crippen molar-refractivity contribution in [1.82, 2.24) is 4.40 Å². The van der Waals surface area contributed by atoms with E-state index in [1.54, 1.807) is 25.3 Å². The maximum Gasteiger partial charge on any atom is 0.345 e. The highest BCUT2D eigenvalue weighted by Crippen LogP contribution is 2.11. The summed E-state index contributed by atoms with van der Waals surface area (Å²) in [6.45, 7) is 3.56. The van der Waals surface area contributed by atoms with Gasteiger partial charge in [-0.25, -0.2) is 9.78 Å². The van der Waals surface area contributed by atoms with Gasteiger partial charge < -0.3 is 5.11 Å². The maximum absolute atomic E-state index is 11.7. The molecule has 0 spiro atoms. The number of rotatable bonds is 0. The molecule has 4 heteroatoms. The van der Waals surface area contributed by atoms with Crippen molar-refractivity contribution in [3.8, 4) is 5.75 Å². The van der Waals surface area contributed by atoms with Crippen molar-refractivity contribution in [1.29, 1.82) is 0 Å². The van der Waals surface area contributed by atoms with Gasteiger partial charge in [0.25, 0.3) is 0 Å². The zero-order chi connectivity index (χ0) is 10.3. The van der Waals surface area contributed by atoms with Gasteiger partial charge in [0.05, 0.1) is 5.56 Å². The highest BCUT2D eigenvalue weighted by atomic mass is 16.3. The van der Waals surface area contributed by atoms with Crippen LogP contribution >= 0.6 is 0 Å². The number of hydrogen-bond donors (Lipinski definition) is 1. The third-order valence-corrected chi connectivity index (χ3v) is 2.38. The Bertz CT molecular complexity index is 558. The molecule has 0 atom stereocenters. The second-order valence-corrected chi connectivity index (χ2v) is 3.29. The summed E-state index contributed by atoms with van der Waals surface area (Å²) in [5, 5.41) is 9.52. The van der Waals surface area contributed by atoms with E-state index in [9.17, 15) is 9.90 Å². The first kappa shape index (κ1) is 8.74. The van der Waals surface area contributed by atoms with Crippen LogP contribution in [0.25, 0.3) is 5.65 Å². The van der Waals surface area contributed by atoms with Gasteiger partial charge in [-0.3, -0.25) is 0 Å². The largest absolute Gasteiger partial charge is 0.501 e. The minimum atomic E-state index is -0.104. The van der Waals surface area contributed by atoms with E-state index >= 15 is 0 Å². The predicted octanol–water partition coefficient (Wildman–Crippen LogP) is 0.436. The first-order valence-electron chi connectivity index (χ1n) is 4.34. The van der Waals surface area contributed by atoms with Crippen LogP contribution in [0.15, 0.2) is 23.1 Å². The van der Waals surface area contributed by atoms with Gasteiger partial charge in [0, 0.05) is 0 Å². The van der Waals surface area contributed by atoms with Crippen LogP contribution in [0.3, 0.4) is 0 Å². The maximum atomic E-state index is 11.7. The van der Waals surface area contributed by atoms with Gasteiger partial charge in [0.1, 0.15) is 11.9 Å². The molecule has 0 amide bonds. The molecule has 0 saturated carbocycles. The van der Waals surface area contributed by atoms with Crippen molar-refractivity contribution in [2.75, 3.05) is 0 Å². The van der Waals surface area contributed by atoms with Crippen LogP contribution in [0, 0.1) is 13.8 Å². The van der Waals surface area contributed by atoms with Crippen molar-refractivity contribution in [2.45, 2.75) is 13.8 Å². The standard InChI is InChI=1S/C10H10N2O2/c1-6-7(2)11-9-8(13)4-3-5-12(9)10(6)14/h3-5,13H,1-2H3/p+1. The van der Waals surface area contributed by atoms with E-state index in [1.165, 1.54) is 4.40 Å². The Morgan fingerprint density at radius 3 is 2.86 bits per heavy atom. The van der Waals surface area contributed by atoms with Gasteiger partial charge >= 0.3 is 11.2 Å². The smallest absolute Gasteiger partial charge is 0.345 e. The van der Waals surface area contributed by atoms with Crippen LogP contribution in [-0.4, -0.2) is 9.51 Å². The zero-order valence-corrected chi connectivity index (χ0v) is 8.03. The molecule has 0 saturated heterocycles. The molecule has 0 aliphatic carbocycles. The van der Waals surface area contributed by atoms with E-state index in [2.05, 4.69) is 4.98 Å². The molecule has 2 aromatic rings. The van der Waals surface area contributed by atoms with Crippen molar-refractivity contribution in [3.05, 3.63) is 39.9 Å². The van der Waals surface area contributed by atoms with E-state index in [4.69, 9.17) is 0 Å². The Balaban J connectivity index is 3.06. The minimum absolute atomic E-state index is 0.0766. The number of aryl methyl sites for hydroxylation is 1. The highest BCUT2D eigenvalue weighted by Gasteiger charge is 2.14. The third-order valence-electron chi connectivity index (χ3n) is 2.38. The lowest BCUT2D eigenvalue weighted by molar-refractivity contribution is -0.362. The molecule has 0 fully saturated rings. The third kappa shape index (κ3) is 1.08. The van der Waals surface area contributed by atoms with Crippen LogP contribution in [0.4, 0.5) is 0 Å². The summed E-state index contributed by atoms with van der Waals surface area (Å²) in [6, 6.07) is 3.17. The number of aromatic hydroxyl groups is 1. The normalized spacial score (nSPS) is 10.7. The summed E-state index contributed by atoms with van der Waals surface area (Å²) in [4.78, 5) is 14.7. The molecule has 0 aliphatic heterocycles. The van der Waals surface area contributed by atoms with Crippen molar-refractivity contribution < 1.29 is 10.1 Å². The number of aromatic nitrogens is 2. The Kier molecular flexibility index (Phi) is 1.77. The fourth-order valence-electron chi connectivity index (χ4n) is 1.40. The molecule has 72 valence electrons. The molecule has 2 rings (SSSR count). The fourth-order valence-corrected chi connectivity index (χ4v) is 1.40. The first-order valence-corrected chi connectivity index (χ1v) is 4.34. The van der Waals surface area contributed by atoms with Crippen LogP contribution in [0.2, 0.25) is 0 Å². The number of hydrogen-bond acceptors (Lipinski definition) is 2. The number of aromatic amines is 1. The van der Waals surface area contributed by atoms with Gasteiger partial charge in [0.15, 0.2) is 0 Å². The number of nitrogens with zero attached hydrogens (tertiary/aromatic N) is 1. The highest BCUT2D eigenvalue weighted by molar-refractivity contribution is 5.47. The molecule has 0 radical (unpaired) electrons. The van der Waals surface area contributed by atoms with Crippen LogP contribution in [0.1, 0.15) is 11.3 Å². The van der Waals surface area contributed by atoms with Gasteiger partial charge in [0.2, 0.25) is 5.75 Å². The lowest BCUT2D eigenvalue weighted by Gasteiger charge is -1.98. The molecule has 2 aromatic heterocycles. The zero-order valence-electron chi connectivity index (χ0n) is 8.03. The fraction of sp³-hybridized carbons (Fsp3) is 0.200. The number of nitrogens with one attached hydrogen (secondary N) is 1. The summed E-state index contributed by atoms with van der Waals surface area (Å²) in [7, 11) is 0. The molecular weight excluding hydrogens is 180 g/mol. The van der Waals surface area contributed by atoms with E-state index in [0.717, 1.165) is 5.69 Å². The molecule has 2 N–H and O–H groups in total.